The fraction of sp³-hybridized carbons (Fsp3) is 0.600. The SMILES string of the molecule is Cc1ccc(COC(=O)C2CCC(C(=O)OC(CS(=O)(=O)O)(C(F)(F)F)C(F)(F)F)CC2)cc1. The number of halogens is 6. The molecule has 7 nitrogen and oxygen atoms in total. The van der Waals surface area contributed by atoms with Gasteiger partial charge in [0.2, 0.25) is 0 Å². The Morgan fingerprint density at radius 3 is 1.76 bits per heavy atom. The minimum absolute atomic E-state index is 0.0313. The lowest BCUT2D eigenvalue weighted by Gasteiger charge is -2.37. The minimum atomic E-state index is -6.38. The molecule has 0 unspecified atom stereocenters. The largest absolute Gasteiger partial charge is 0.461 e. The molecular weight excluding hydrogens is 498 g/mol. The molecule has 1 aromatic carbocycles. The Morgan fingerprint density at radius 1 is 0.912 bits per heavy atom. The zero-order chi connectivity index (χ0) is 25.9. The van der Waals surface area contributed by atoms with Crippen molar-refractivity contribution in [2.24, 2.45) is 11.8 Å². The molecule has 0 bridgehead atoms. The Morgan fingerprint density at radius 2 is 1.35 bits per heavy atom. The Balaban J connectivity index is 2.03. The van der Waals surface area contributed by atoms with Gasteiger partial charge in [-0.15, -0.1) is 0 Å². The fourth-order valence-electron chi connectivity index (χ4n) is 3.50. The number of hydrogen-bond donors (Lipinski definition) is 1. The van der Waals surface area contributed by atoms with Crippen molar-refractivity contribution in [3.63, 3.8) is 0 Å². The summed E-state index contributed by atoms with van der Waals surface area (Å²) in [4.78, 5) is 24.4. The summed E-state index contributed by atoms with van der Waals surface area (Å²) in [6.45, 7) is 1.84. The Labute approximate surface area is 191 Å². The first-order valence-corrected chi connectivity index (χ1v) is 11.6. The van der Waals surface area contributed by atoms with Gasteiger partial charge >= 0.3 is 29.9 Å². The van der Waals surface area contributed by atoms with Gasteiger partial charge in [-0.3, -0.25) is 14.1 Å². The molecule has 0 saturated heterocycles. The van der Waals surface area contributed by atoms with E-state index in [0.29, 0.717) is 5.56 Å². The first kappa shape index (κ1) is 27.9. The topological polar surface area (TPSA) is 107 Å². The van der Waals surface area contributed by atoms with Gasteiger partial charge in [0.05, 0.1) is 11.8 Å². The third-order valence-corrected chi connectivity index (χ3v) is 6.24. The van der Waals surface area contributed by atoms with Gasteiger partial charge in [-0.2, -0.15) is 34.8 Å². The van der Waals surface area contributed by atoms with Crippen molar-refractivity contribution in [2.75, 3.05) is 5.75 Å². The van der Waals surface area contributed by atoms with Crippen LogP contribution < -0.4 is 0 Å². The van der Waals surface area contributed by atoms with Crippen LogP contribution in [0, 0.1) is 18.8 Å². The molecule has 34 heavy (non-hydrogen) atoms. The number of alkyl halides is 6. The monoisotopic (exact) mass is 520 g/mol. The van der Waals surface area contributed by atoms with Crippen LogP contribution in [-0.4, -0.2) is 48.6 Å². The minimum Gasteiger partial charge on any atom is -0.461 e. The predicted molar refractivity (Wildman–Crippen MR) is 104 cm³/mol. The average Bonchev–Trinajstić information content (AvgIpc) is 2.70. The van der Waals surface area contributed by atoms with Gasteiger partial charge in [-0.25, -0.2) is 0 Å². The third kappa shape index (κ3) is 6.84. The molecule has 0 radical (unpaired) electrons. The van der Waals surface area contributed by atoms with Crippen LogP contribution in [0.25, 0.3) is 0 Å². The molecule has 1 aliphatic carbocycles. The van der Waals surface area contributed by atoms with E-state index in [9.17, 15) is 44.3 Å². The lowest BCUT2D eigenvalue weighted by atomic mass is 9.82. The number of esters is 2. The summed E-state index contributed by atoms with van der Waals surface area (Å²) in [6.07, 6.45) is -13.4. The van der Waals surface area contributed by atoms with Gasteiger partial charge in [0, 0.05) is 0 Å². The van der Waals surface area contributed by atoms with Crippen molar-refractivity contribution in [1.82, 2.24) is 0 Å². The van der Waals surface area contributed by atoms with Crippen LogP contribution in [0.2, 0.25) is 0 Å². The molecule has 1 saturated carbocycles. The number of ether oxygens (including phenoxy) is 2. The van der Waals surface area contributed by atoms with Crippen molar-refractivity contribution >= 4 is 22.1 Å². The Bertz CT molecular complexity index is 964. The van der Waals surface area contributed by atoms with Gasteiger partial charge in [0.1, 0.15) is 12.4 Å². The van der Waals surface area contributed by atoms with Gasteiger partial charge in [-0.05, 0) is 38.2 Å². The highest BCUT2D eigenvalue weighted by atomic mass is 32.2. The Kier molecular flexibility index (Phi) is 8.29. The molecule has 0 aromatic heterocycles. The summed E-state index contributed by atoms with van der Waals surface area (Å²) in [7, 11) is -5.85. The maximum absolute atomic E-state index is 13.3. The zero-order valence-corrected chi connectivity index (χ0v) is 18.6. The smallest absolute Gasteiger partial charge is 0.438 e. The van der Waals surface area contributed by atoms with Crippen molar-refractivity contribution < 1.29 is 58.4 Å². The van der Waals surface area contributed by atoms with Gasteiger partial charge < -0.3 is 9.47 Å². The van der Waals surface area contributed by atoms with E-state index >= 15 is 0 Å². The van der Waals surface area contributed by atoms with Crippen LogP contribution >= 0.6 is 0 Å². The van der Waals surface area contributed by atoms with Crippen LogP contribution in [0.5, 0.6) is 0 Å². The molecule has 0 aliphatic heterocycles. The number of carbonyl (C=O) groups is 2. The van der Waals surface area contributed by atoms with Gasteiger partial charge in [-0.1, -0.05) is 29.8 Å². The quantitative estimate of drug-likeness (QED) is 0.327. The van der Waals surface area contributed by atoms with E-state index in [1.54, 1.807) is 12.1 Å². The van der Waals surface area contributed by atoms with Crippen LogP contribution in [0.4, 0.5) is 26.3 Å². The van der Waals surface area contributed by atoms with Gasteiger partial charge in [0.15, 0.2) is 0 Å². The molecule has 1 aromatic rings. The molecule has 192 valence electrons. The van der Waals surface area contributed by atoms with E-state index in [2.05, 4.69) is 4.74 Å². The van der Waals surface area contributed by atoms with Crippen LogP contribution in [0.1, 0.15) is 36.8 Å². The predicted octanol–water partition coefficient (Wildman–Crippen LogP) is 4.14. The second-order valence-electron chi connectivity index (χ2n) is 8.11. The van der Waals surface area contributed by atoms with Crippen LogP contribution in [-0.2, 0) is 35.8 Å². The van der Waals surface area contributed by atoms with E-state index in [1.807, 2.05) is 19.1 Å². The maximum Gasteiger partial charge on any atom is 0.438 e. The highest BCUT2D eigenvalue weighted by Crippen LogP contribution is 2.47. The fourth-order valence-corrected chi connectivity index (χ4v) is 4.40. The first-order chi connectivity index (χ1) is 15.5. The number of benzene rings is 1. The summed E-state index contributed by atoms with van der Waals surface area (Å²) >= 11 is 0. The maximum atomic E-state index is 13.3. The average molecular weight is 520 g/mol. The molecule has 14 heteroatoms. The molecule has 0 heterocycles. The molecule has 0 amide bonds. The standard InChI is InChI=1S/C20H22F6O7S/c1-12-2-4-13(5-3-12)10-32-16(27)14-6-8-15(9-7-14)17(28)33-18(19(21,22)23,20(24,25)26)11-34(29,30)31/h2-5,14-15H,6-11H2,1H3,(H,29,30,31). The van der Waals surface area contributed by atoms with E-state index in [1.165, 1.54) is 0 Å². The van der Waals surface area contributed by atoms with Gasteiger partial charge in [0.25, 0.3) is 10.1 Å². The normalized spacial score (nSPS) is 20.0. The first-order valence-electron chi connectivity index (χ1n) is 9.99. The van der Waals surface area contributed by atoms with Crippen LogP contribution in [0.15, 0.2) is 24.3 Å². The number of hydrogen-bond acceptors (Lipinski definition) is 6. The highest BCUT2D eigenvalue weighted by Gasteiger charge is 2.76. The van der Waals surface area contributed by atoms with Crippen molar-refractivity contribution in [3.8, 4) is 0 Å². The summed E-state index contributed by atoms with van der Waals surface area (Å²) in [5.74, 6) is -7.64. The third-order valence-electron chi connectivity index (χ3n) is 5.47. The Hall–Kier alpha value is -2.35. The lowest BCUT2D eigenvalue weighted by Crippen LogP contribution is -2.63. The lowest BCUT2D eigenvalue weighted by molar-refractivity contribution is -0.362. The molecule has 1 fully saturated rings. The molecule has 2 rings (SSSR count). The number of aryl methyl sites for hydroxylation is 1. The van der Waals surface area contributed by atoms with Crippen molar-refractivity contribution in [2.45, 2.75) is 57.2 Å². The molecular formula is C20H22F6O7S. The van der Waals surface area contributed by atoms with Crippen molar-refractivity contribution in [1.29, 1.82) is 0 Å². The van der Waals surface area contributed by atoms with E-state index < -0.39 is 57.6 Å². The van der Waals surface area contributed by atoms with E-state index in [4.69, 9.17) is 9.29 Å². The second-order valence-corrected chi connectivity index (χ2v) is 9.56. The zero-order valence-electron chi connectivity index (χ0n) is 17.8. The van der Waals surface area contributed by atoms with E-state index in [0.717, 1.165) is 5.56 Å². The number of rotatable bonds is 7. The summed E-state index contributed by atoms with van der Waals surface area (Å²) in [6, 6.07) is 7.11. The highest BCUT2D eigenvalue weighted by molar-refractivity contribution is 7.85. The van der Waals surface area contributed by atoms with Crippen molar-refractivity contribution in [3.05, 3.63) is 35.4 Å². The van der Waals surface area contributed by atoms with Crippen LogP contribution in [0.3, 0.4) is 0 Å². The molecule has 1 N–H and O–H groups in total. The second kappa shape index (κ2) is 10.1. The van der Waals surface area contributed by atoms with E-state index in [-0.39, 0.29) is 32.3 Å². The number of carbonyl (C=O) groups excluding carboxylic acids is 2. The summed E-state index contributed by atoms with van der Waals surface area (Å²) in [5.41, 5.74) is -3.73. The summed E-state index contributed by atoms with van der Waals surface area (Å²) in [5, 5.41) is 0. The molecule has 0 atom stereocenters. The molecule has 0 spiro atoms. The molecule has 1 aliphatic rings. The summed E-state index contributed by atoms with van der Waals surface area (Å²) < 4.78 is 119.